The second-order valence-electron chi connectivity index (χ2n) is 6.32. The predicted octanol–water partition coefficient (Wildman–Crippen LogP) is 2.61. The molecular weight excluding hydrogens is 310 g/mol. The molecule has 1 aromatic rings. The van der Waals surface area contributed by atoms with Crippen molar-refractivity contribution in [3.8, 4) is 0 Å². The van der Waals surface area contributed by atoms with Crippen LogP contribution in [0, 0.1) is 0 Å². The molecule has 23 heavy (non-hydrogen) atoms. The molecular formula is C17H25N3O2S. The Morgan fingerprint density at radius 3 is 2.65 bits per heavy atom. The lowest BCUT2D eigenvalue weighted by molar-refractivity contribution is -0.131. The molecule has 0 atom stereocenters. The molecule has 1 N–H and O–H groups in total. The van der Waals surface area contributed by atoms with Crippen LogP contribution in [-0.2, 0) is 17.8 Å². The summed E-state index contributed by atoms with van der Waals surface area (Å²) in [4.78, 5) is 29.6. The van der Waals surface area contributed by atoms with Crippen molar-refractivity contribution in [2.45, 2.75) is 45.1 Å². The SMILES string of the molecule is O=C(CCNC(=O)N1CCCCCC1)N1CCc2sccc2C1. The Labute approximate surface area is 141 Å². The number of thiophene rings is 1. The highest BCUT2D eigenvalue weighted by atomic mass is 32.1. The zero-order chi connectivity index (χ0) is 16.1. The summed E-state index contributed by atoms with van der Waals surface area (Å²) >= 11 is 1.78. The average Bonchev–Trinajstić information content (AvgIpc) is 2.86. The zero-order valence-electron chi connectivity index (χ0n) is 13.6. The topological polar surface area (TPSA) is 52.7 Å². The molecule has 0 aliphatic carbocycles. The van der Waals surface area contributed by atoms with Crippen molar-refractivity contribution >= 4 is 23.3 Å². The summed E-state index contributed by atoms with van der Waals surface area (Å²) in [7, 11) is 0. The third-order valence-electron chi connectivity index (χ3n) is 4.67. The van der Waals surface area contributed by atoms with Gasteiger partial charge in [0.1, 0.15) is 0 Å². The van der Waals surface area contributed by atoms with Crippen LogP contribution in [-0.4, -0.2) is 47.9 Å². The quantitative estimate of drug-likeness (QED) is 0.923. The first-order valence-electron chi connectivity index (χ1n) is 8.60. The van der Waals surface area contributed by atoms with Crippen LogP contribution in [0.2, 0.25) is 0 Å². The fraction of sp³-hybridized carbons (Fsp3) is 0.647. The Bertz CT molecular complexity index is 550. The van der Waals surface area contributed by atoms with Crippen LogP contribution in [0.4, 0.5) is 4.79 Å². The van der Waals surface area contributed by atoms with E-state index in [0.29, 0.717) is 13.0 Å². The number of nitrogens with one attached hydrogen (secondary N) is 1. The van der Waals surface area contributed by atoms with Gasteiger partial charge in [0.2, 0.25) is 5.91 Å². The molecule has 3 amide bonds. The van der Waals surface area contributed by atoms with E-state index in [1.807, 2.05) is 9.80 Å². The number of urea groups is 1. The molecule has 3 heterocycles. The van der Waals surface area contributed by atoms with Gasteiger partial charge < -0.3 is 15.1 Å². The van der Waals surface area contributed by atoms with Gasteiger partial charge in [-0.1, -0.05) is 12.8 Å². The lowest BCUT2D eigenvalue weighted by atomic mass is 10.1. The van der Waals surface area contributed by atoms with E-state index in [0.717, 1.165) is 45.4 Å². The van der Waals surface area contributed by atoms with Crippen LogP contribution in [0.5, 0.6) is 0 Å². The first kappa shape index (κ1) is 16.3. The fourth-order valence-corrected chi connectivity index (χ4v) is 4.17. The number of hydrogen-bond acceptors (Lipinski definition) is 3. The number of nitrogens with zero attached hydrogens (tertiary/aromatic N) is 2. The van der Waals surface area contributed by atoms with Crippen molar-refractivity contribution in [1.29, 1.82) is 0 Å². The van der Waals surface area contributed by atoms with Gasteiger partial charge in [-0.2, -0.15) is 0 Å². The molecule has 5 nitrogen and oxygen atoms in total. The van der Waals surface area contributed by atoms with Crippen LogP contribution in [0.1, 0.15) is 42.5 Å². The van der Waals surface area contributed by atoms with Gasteiger partial charge in [-0.3, -0.25) is 4.79 Å². The fourth-order valence-electron chi connectivity index (χ4n) is 3.28. The molecule has 0 unspecified atom stereocenters. The van der Waals surface area contributed by atoms with Gasteiger partial charge in [-0.15, -0.1) is 11.3 Å². The molecule has 1 aromatic heterocycles. The summed E-state index contributed by atoms with van der Waals surface area (Å²) in [6.07, 6.45) is 5.94. The number of amides is 3. The third-order valence-corrected chi connectivity index (χ3v) is 5.69. The number of rotatable bonds is 3. The molecule has 0 saturated carbocycles. The summed E-state index contributed by atoms with van der Waals surface area (Å²) < 4.78 is 0. The minimum absolute atomic E-state index is 0.0153. The third kappa shape index (κ3) is 4.25. The highest BCUT2D eigenvalue weighted by Crippen LogP contribution is 2.24. The van der Waals surface area contributed by atoms with E-state index in [-0.39, 0.29) is 11.9 Å². The minimum atomic E-state index is -0.0153. The van der Waals surface area contributed by atoms with E-state index in [2.05, 4.69) is 16.8 Å². The summed E-state index contributed by atoms with van der Waals surface area (Å²) in [6, 6.07) is 2.10. The number of hydrogen-bond donors (Lipinski definition) is 1. The predicted molar refractivity (Wildman–Crippen MR) is 91.5 cm³/mol. The molecule has 1 saturated heterocycles. The molecule has 0 aromatic carbocycles. The zero-order valence-corrected chi connectivity index (χ0v) is 14.4. The summed E-state index contributed by atoms with van der Waals surface area (Å²) in [5.41, 5.74) is 1.28. The number of likely N-dealkylation sites (tertiary alicyclic amines) is 1. The smallest absolute Gasteiger partial charge is 0.317 e. The van der Waals surface area contributed by atoms with Crippen molar-refractivity contribution in [2.75, 3.05) is 26.2 Å². The van der Waals surface area contributed by atoms with Crippen LogP contribution in [0.15, 0.2) is 11.4 Å². The lowest BCUT2D eigenvalue weighted by Gasteiger charge is -2.27. The van der Waals surface area contributed by atoms with Crippen LogP contribution in [0.25, 0.3) is 0 Å². The van der Waals surface area contributed by atoms with Crippen molar-refractivity contribution in [3.63, 3.8) is 0 Å². The largest absolute Gasteiger partial charge is 0.338 e. The summed E-state index contributed by atoms with van der Waals surface area (Å²) in [5.74, 6) is 0.137. The Kier molecular flexibility index (Phi) is 5.54. The molecule has 0 bridgehead atoms. The lowest BCUT2D eigenvalue weighted by Crippen LogP contribution is -2.42. The monoisotopic (exact) mass is 335 g/mol. The first-order valence-corrected chi connectivity index (χ1v) is 9.48. The molecule has 126 valence electrons. The molecule has 0 spiro atoms. The highest BCUT2D eigenvalue weighted by Gasteiger charge is 2.21. The Hall–Kier alpha value is -1.56. The van der Waals surface area contributed by atoms with Gasteiger partial charge in [0, 0.05) is 44.0 Å². The number of carbonyl (C=O) groups excluding carboxylic acids is 2. The van der Waals surface area contributed by atoms with E-state index in [9.17, 15) is 9.59 Å². The molecule has 2 aliphatic rings. The van der Waals surface area contributed by atoms with Gasteiger partial charge in [0.05, 0.1) is 0 Å². The molecule has 0 radical (unpaired) electrons. The van der Waals surface area contributed by atoms with E-state index in [4.69, 9.17) is 0 Å². The van der Waals surface area contributed by atoms with Gasteiger partial charge in [0.25, 0.3) is 0 Å². The maximum absolute atomic E-state index is 12.3. The van der Waals surface area contributed by atoms with E-state index >= 15 is 0 Å². The number of carbonyl (C=O) groups is 2. The number of fused-ring (bicyclic) bond motifs is 1. The average molecular weight is 335 g/mol. The van der Waals surface area contributed by atoms with Gasteiger partial charge in [-0.25, -0.2) is 4.79 Å². The minimum Gasteiger partial charge on any atom is -0.338 e. The summed E-state index contributed by atoms with van der Waals surface area (Å²) in [5, 5.41) is 5.00. The molecule has 6 heteroatoms. The second-order valence-corrected chi connectivity index (χ2v) is 7.32. The maximum atomic E-state index is 12.3. The Morgan fingerprint density at radius 2 is 1.87 bits per heavy atom. The molecule has 1 fully saturated rings. The summed E-state index contributed by atoms with van der Waals surface area (Å²) in [6.45, 7) is 3.63. The Morgan fingerprint density at radius 1 is 1.09 bits per heavy atom. The van der Waals surface area contributed by atoms with Crippen molar-refractivity contribution in [1.82, 2.24) is 15.1 Å². The Balaban J connectivity index is 1.40. The van der Waals surface area contributed by atoms with Crippen LogP contribution in [0.3, 0.4) is 0 Å². The van der Waals surface area contributed by atoms with E-state index < -0.39 is 0 Å². The molecule has 3 rings (SSSR count). The standard InChI is InChI=1S/C17H25N3O2S/c21-16(20-11-6-15-14(13-20)7-12-23-15)5-8-18-17(22)19-9-3-1-2-4-10-19/h7,12H,1-6,8-11,13H2,(H,18,22). The highest BCUT2D eigenvalue weighted by molar-refractivity contribution is 7.10. The van der Waals surface area contributed by atoms with Gasteiger partial charge >= 0.3 is 6.03 Å². The second kappa shape index (κ2) is 7.81. The van der Waals surface area contributed by atoms with Crippen molar-refractivity contribution < 1.29 is 9.59 Å². The van der Waals surface area contributed by atoms with E-state index in [1.165, 1.54) is 23.3 Å². The normalized spacial score (nSPS) is 18.3. The maximum Gasteiger partial charge on any atom is 0.317 e. The van der Waals surface area contributed by atoms with Crippen LogP contribution < -0.4 is 5.32 Å². The first-order chi connectivity index (χ1) is 11.2. The van der Waals surface area contributed by atoms with E-state index in [1.54, 1.807) is 11.3 Å². The van der Waals surface area contributed by atoms with Crippen molar-refractivity contribution in [3.05, 3.63) is 21.9 Å². The molecule has 2 aliphatic heterocycles. The van der Waals surface area contributed by atoms with Crippen LogP contribution >= 0.6 is 11.3 Å². The van der Waals surface area contributed by atoms with Gasteiger partial charge in [0.15, 0.2) is 0 Å². The van der Waals surface area contributed by atoms with Crippen molar-refractivity contribution in [2.24, 2.45) is 0 Å². The van der Waals surface area contributed by atoms with Gasteiger partial charge in [-0.05, 0) is 36.3 Å².